The van der Waals surface area contributed by atoms with Crippen molar-refractivity contribution < 1.29 is 4.84 Å². The Morgan fingerprint density at radius 2 is 2.00 bits per heavy atom. The molecule has 136 valence electrons. The lowest BCUT2D eigenvalue weighted by Crippen LogP contribution is -2.29. The van der Waals surface area contributed by atoms with Crippen molar-refractivity contribution >= 4 is 22.4 Å². The molecule has 0 radical (unpaired) electrons. The highest BCUT2D eigenvalue weighted by molar-refractivity contribution is 5.90. The van der Waals surface area contributed by atoms with Gasteiger partial charge in [0, 0.05) is 18.3 Å². The molecule has 0 bridgehead atoms. The van der Waals surface area contributed by atoms with Gasteiger partial charge in [0.1, 0.15) is 12.9 Å². The van der Waals surface area contributed by atoms with Gasteiger partial charge in [-0.15, -0.1) is 4.73 Å². The third kappa shape index (κ3) is 3.77. The molecule has 0 aliphatic heterocycles. The highest BCUT2D eigenvalue weighted by Gasteiger charge is 2.14. The van der Waals surface area contributed by atoms with Gasteiger partial charge in [0.05, 0.1) is 16.8 Å². The van der Waals surface area contributed by atoms with Gasteiger partial charge in [0.2, 0.25) is 0 Å². The third-order valence-electron chi connectivity index (χ3n) is 4.13. The summed E-state index contributed by atoms with van der Waals surface area (Å²) in [7, 11) is 0. The lowest BCUT2D eigenvalue weighted by molar-refractivity contribution is 0.108. The van der Waals surface area contributed by atoms with Gasteiger partial charge in [-0.05, 0) is 31.0 Å². The molecule has 2 heterocycles. The van der Waals surface area contributed by atoms with E-state index < -0.39 is 0 Å². The van der Waals surface area contributed by atoms with Gasteiger partial charge in [0.15, 0.2) is 5.65 Å². The number of hydrogen-bond acceptors (Lipinski definition) is 6. The molecule has 3 N–H and O–H groups in total. The molecule has 0 aliphatic carbocycles. The van der Waals surface area contributed by atoms with Crippen molar-refractivity contribution in [1.29, 1.82) is 0 Å². The number of nitrogens with one attached hydrogen (secondary N) is 1. The fraction of sp³-hybridized carbons (Fsp3) is 0.316. The molecule has 0 aliphatic rings. The van der Waals surface area contributed by atoms with E-state index in [2.05, 4.69) is 22.2 Å². The second kappa shape index (κ2) is 7.86. The second-order valence-corrected chi connectivity index (χ2v) is 6.13. The van der Waals surface area contributed by atoms with Crippen molar-refractivity contribution in [2.45, 2.75) is 33.2 Å². The Hall–Kier alpha value is -3.09. The van der Waals surface area contributed by atoms with Crippen LogP contribution in [0.4, 0.5) is 11.4 Å². The number of hydrogen-bond donors (Lipinski definition) is 2. The molecule has 2 aromatic heterocycles. The first-order chi connectivity index (χ1) is 12.6. The Kier molecular flexibility index (Phi) is 5.36. The fourth-order valence-corrected chi connectivity index (χ4v) is 2.69. The molecule has 7 nitrogen and oxygen atoms in total. The van der Waals surface area contributed by atoms with Crippen LogP contribution in [0.15, 0.2) is 41.5 Å². The van der Waals surface area contributed by atoms with Crippen LogP contribution in [0.5, 0.6) is 0 Å². The molecule has 0 spiro atoms. The van der Waals surface area contributed by atoms with E-state index in [1.165, 1.54) is 17.1 Å². The summed E-state index contributed by atoms with van der Waals surface area (Å²) in [4.78, 5) is 26.7. The number of anilines is 2. The Labute approximate surface area is 151 Å². The topological polar surface area (TPSA) is 95.1 Å². The lowest BCUT2D eigenvalue weighted by atomic mass is 10.2. The summed E-state index contributed by atoms with van der Waals surface area (Å²) in [5, 5.41) is 4.09. The van der Waals surface area contributed by atoms with Gasteiger partial charge in [-0.2, -0.15) is 0 Å². The zero-order chi connectivity index (χ0) is 18.5. The first-order valence-electron chi connectivity index (χ1n) is 8.69. The molecular formula is C19H23N5O2. The van der Waals surface area contributed by atoms with E-state index >= 15 is 0 Å². The summed E-state index contributed by atoms with van der Waals surface area (Å²) in [5.74, 6) is 0. The summed E-state index contributed by atoms with van der Waals surface area (Å²) in [6.45, 7) is 4.98. The SMILES string of the molecule is CCCCOn1c(=O)cc(NCc2ccc(N)cc2)c2c(C)ncnc21. The number of aromatic nitrogens is 3. The van der Waals surface area contributed by atoms with Crippen LogP contribution in [-0.2, 0) is 6.54 Å². The minimum Gasteiger partial charge on any atom is -0.409 e. The summed E-state index contributed by atoms with van der Waals surface area (Å²) in [6, 6.07) is 9.12. The van der Waals surface area contributed by atoms with Crippen molar-refractivity contribution in [2.24, 2.45) is 0 Å². The number of fused-ring (bicyclic) bond motifs is 1. The lowest BCUT2D eigenvalue weighted by Gasteiger charge is -2.15. The fourth-order valence-electron chi connectivity index (χ4n) is 2.69. The highest BCUT2D eigenvalue weighted by Crippen LogP contribution is 2.22. The van der Waals surface area contributed by atoms with Crippen molar-refractivity contribution in [3.63, 3.8) is 0 Å². The predicted molar refractivity (Wildman–Crippen MR) is 103 cm³/mol. The molecule has 0 saturated heterocycles. The van der Waals surface area contributed by atoms with Gasteiger partial charge < -0.3 is 15.9 Å². The largest absolute Gasteiger partial charge is 0.409 e. The molecule has 1 aromatic carbocycles. The van der Waals surface area contributed by atoms with Crippen molar-refractivity contribution in [3.8, 4) is 0 Å². The maximum atomic E-state index is 12.5. The average molecular weight is 353 g/mol. The van der Waals surface area contributed by atoms with Crippen LogP contribution >= 0.6 is 0 Å². The second-order valence-electron chi connectivity index (χ2n) is 6.13. The minimum absolute atomic E-state index is 0.258. The number of nitrogens with zero attached hydrogens (tertiary/aromatic N) is 3. The summed E-state index contributed by atoms with van der Waals surface area (Å²) >= 11 is 0. The molecule has 0 atom stereocenters. The molecule has 26 heavy (non-hydrogen) atoms. The number of nitrogen functional groups attached to an aromatic ring is 1. The summed E-state index contributed by atoms with van der Waals surface area (Å²) in [5.41, 5.74) is 9.18. The van der Waals surface area contributed by atoms with Crippen molar-refractivity contribution in [2.75, 3.05) is 17.7 Å². The van der Waals surface area contributed by atoms with Gasteiger partial charge >= 0.3 is 0 Å². The number of benzene rings is 1. The van der Waals surface area contributed by atoms with Crippen LogP contribution in [0.1, 0.15) is 31.0 Å². The minimum atomic E-state index is -0.258. The number of rotatable bonds is 7. The molecule has 0 saturated carbocycles. The average Bonchev–Trinajstić information content (AvgIpc) is 2.63. The van der Waals surface area contributed by atoms with Crippen LogP contribution in [0.2, 0.25) is 0 Å². The molecule has 0 amide bonds. The van der Waals surface area contributed by atoms with E-state index in [0.29, 0.717) is 24.5 Å². The first-order valence-corrected chi connectivity index (χ1v) is 8.69. The zero-order valence-corrected chi connectivity index (χ0v) is 15.0. The van der Waals surface area contributed by atoms with E-state index in [0.717, 1.165) is 35.2 Å². The Morgan fingerprint density at radius 3 is 2.73 bits per heavy atom. The molecular weight excluding hydrogens is 330 g/mol. The monoisotopic (exact) mass is 353 g/mol. The number of pyridine rings is 1. The number of aryl methyl sites for hydroxylation is 1. The van der Waals surface area contributed by atoms with E-state index in [4.69, 9.17) is 10.6 Å². The van der Waals surface area contributed by atoms with Gasteiger partial charge in [-0.25, -0.2) is 9.97 Å². The standard InChI is InChI=1S/C19H23N5O2/c1-3-4-9-26-24-17(25)10-16(18-13(2)22-12-23-19(18)24)21-11-14-5-7-15(20)8-6-14/h5-8,10,12,21H,3-4,9,11,20H2,1-2H3. The van der Waals surface area contributed by atoms with Crippen LogP contribution < -0.4 is 21.4 Å². The van der Waals surface area contributed by atoms with Crippen LogP contribution in [0, 0.1) is 6.92 Å². The van der Waals surface area contributed by atoms with Gasteiger partial charge in [-0.3, -0.25) is 4.79 Å². The molecule has 3 rings (SSSR count). The van der Waals surface area contributed by atoms with Crippen molar-refractivity contribution in [1.82, 2.24) is 14.7 Å². The molecule has 0 fully saturated rings. The maximum absolute atomic E-state index is 12.5. The van der Waals surface area contributed by atoms with E-state index in [1.54, 1.807) is 0 Å². The Bertz CT molecular complexity index is 951. The zero-order valence-electron chi connectivity index (χ0n) is 15.0. The van der Waals surface area contributed by atoms with Gasteiger partial charge in [0.25, 0.3) is 5.56 Å². The summed E-state index contributed by atoms with van der Waals surface area (Å²) in [6.07, 6.45) is 3.30. The number of nitrogens with two attached hydrogens (primary N) is 1. The van der Waals surface area contributed by atoms with Crippen LogP contribution in [-0.4, -0.2) is 21.3 Å². The Balaban J connectivity index is 1.96. The van der Waals surface area contributed by atoms with Crippen LogP contribution in [0.25, 0.3) is 11.0 Å². The summed E-state index contributed by atoms with van der Waals surface area (Å²) < 4.78 is 1.26. The smallest absolute Gasteiger partial charge is 0.287 e. The third-order valence-corrected chi connectivity index (χ3v) is 4.13. The van der Waals surface area contributed by atoms with E-state index in [9.17, 15) is 4.79 Å². The van der Waals surface area contributed by atoms with Gasteiger partial charge in [-0.1, -0.05) is 25.5 Å². The molecule has 3 aromatic rings. The first kappa shape index (κ1) is 17.7. The normalized spacial score (nSPS) is 10.8. The highest BCUT2D eigenvalue weighted by atomic mass is 16.7. The maximum Gasteiger partial charge on any atom is 0.287 e. The van der Waals surface area contributed by atoms with E-state index in [1.807, 2.05) is 31.2 Å². The Morgan fingerprint density at radius 1 is 1.23 bits per heavy atom. The number of unbranched alkanes of at least 4 members (excludes halogenated alkanes) is 1. The predicted octanol–water partition coefficient (Wildman–Crippen LogP) is 2.52. The van der Waals surface area contributed by atoms with Crippen LogP contribution in [0.3, 0.4) is 0 Å². The molecule has 0 unspecified atom stereocenters. The van der Waals surface area contributed by atoms with E-state index in [-0.39, 0.29) is 5.56 Å². The molecule has 7 heteroatoms. The quantitative estimate of drug-likeness (QED) is 0.501. The van der Waals surface area contributed by atoms with Crippen molar-refractivity contribution in [3.05, 3.63) is 58.3 Å².